The highest BCUT2D eigenvalue weighted by atomic mass is 16.3. The predicted octanol–water partition coefficient (Wildman–Crippen LogP) is 2.18. The third kappa shape index (κ3) is 3.53. The normalized spacial score (nSPS) is 15.3. The van der Waals surface area contributed by atoms with Crippen LogP contribution in [0.15, 0.2) is 45.6 Å². The quantitative estimate of drug-likeness (QED) is 0.814. The van der Waals surface area contributed by atoms with Crippen LogP contribution in [0, 0.1) is 6.92 Å². The third-order valence-corrected chi connectivity index (χ3v) is 3.80. The van der Waals surface area contributed by atoms with E-state index < -0.39 is 0 Å². The first-order chi connectivity index (χ1) is 11.1. The van der Waals surface area contributed by atoms with Crippen LogP contribution in [0.5, 0.6) is 0 Å². The van der Waals surface area contributed by atoms with E-state index in [1.54, 1.807) is 21.9 Å². The SMILES string of the molecule is Cc1ccc(/C=C/C(=O)N2CCN(C(=O)c3ccoc3)CC2)o1. The van der Waals surface area contributed by atoms with Crippen molar-refractivity contribution >= 4 is 17.9 Å². The molecule has 0 bridgehead atoms. The van der Waals surface area contributed by atoms with Gasteiger partial charge >= 0.3 is 0 Å². The molecule has 0 N–H and O–H groups in total. The molecule has 2 aromatic rings. The summed E-state index contributed by atoms with van der Waals surface area (Å²) in [5, 5.41) is 0. The lowest BCUT2D eigenvalue weighted by Gasteiger charge is -2.34. The molecule has 3 rings (SSSR count). The van der Waals surface area contributed by atoms with Crippen molar-refractivity contribution in [3.05, 3.63) is 53.9 Å². The van der Waals surface area contributed by atoms with E-state index in [0.29, 0.717) is 37.5 Å². The maximum atomic E-state index is 12.2. The van der Waals surface area contributed by atoms with Crippen molar-refractivity contribution < 1.29 is 18.4 Å². The summed E-state index contributed by atoms with van der Waals surface area (Å²) < 4.78 is 10.3. The van der Waals surface area contributed by atoms with Crippen LogP contribution in [-0.2, 0) is 4.79 Å². The Morgan fingerprint density at radius 2 is 1.83 bits per heavy atom. The molecule has 1 aliphatic heterocycles. The van der Waals surface area contributed by atoms with Gasteiger partial charge in [-0.25, -0.2) is 0 Å². The third-order valence-electron chi connectivity index (χ3n) is 3.80. The Balaban J connectivity index is 1.53. The molecule has 0 spiro atoms. The van der Waals surface area contributed by atoms with Gasteiger partial charge in [0.25, 0.3) is 5.91 Å². The van der Waals surface area contributed by atoms with Gasteiger partial charge < -0.3 is 18.6 Å². The summed E-state index contributed by atoms with van der Waals surface area (Å²) in [6, 6.07) is 5.32. The average molecular weight is 314 g/mol. The summed E-state index contributed by atoms with van der Waals surface area (Å²) in [6.45, 7) is 3.93. The van der Waals surface area contributed by atoms with E-state index in [-0.39, 0.29) is 11.8 Å². The van der Waals surface area contributed by atoms with Gasteiger partial charge in [0.2, 0.25) is 5.91 Å². The van der Waals surface area contributed by atoms with Gasteiger partial charge in [0.1, 0.15) is 17.8 Å². The fraction of sp³-hybridized carbons (Fsp3) is 0.294. The Bertz CT molecular complexity index is 707. The second-order valence-corrected chi connectivity index (χ2v) is 5.41. The van der Waals surface area contributed by atoms with Crippen LogP contribution in [0.1, 0.15) is 21.9 Å². The van der Waals surface area contributed by atoms with Gasteiger partial charge in [-0.1, -0.05) is 0 Å². The number of carbonyl (C=O) groups excluding carboxylic acids is 2. The van der Waals surface area contributed by atoms with Crippen LogP contribution in [0.2, 0.25) is 0 Å². The van der Waals surface area contributed by atoms with Gasteiger partial charge in [-0.3, -0.25) is 9.59 Å². The number of hydrogen-bond donors (Lipinski definition) is 0. The molecule has 0 unspecified atom stereocenters. The Hall–Kier alpha value is -2.76. The molecular weight excluding hydrogens is 296 g/mol. The van der Waals surface area contributed by atoms with E-state index in [4.69, 9.17) is 8.83 Å². The van der Waals surface area contributed by atoms with Crippen molar-refractivity contribution in [2.75, 3.05) is 26.2 Å². The summed E-state index contributed by atoms with van der Waals surface area (Å²) in [5.41, 5.74) is 0.540. The molecule has 1 fully saturated rings. The standard InChI is InChI=1S/C17H18N2O4/c1-13-2-3-15(23-13)4-5-16(20)18-7-9-19(10-8-18)17(21)14-6-11-22-12-14/h2-6,11-12H,7-10H2,1H3/b5-4+. The molecule has 0 aromatic carbocycles. The summed E-state index contributed by atoms with van der Waals surface area (Å²) in [4.78, 5) is 27.8. The second kappa shape index (κ2) is 6.56. The monoisotopic (exact) mass is 314 g/mol. The highest BCUT2D eigenvalue weighted by Gasteiger charge is 2.24. The molecule has 2 aromatic heterocycles. The minimum absolute atomic E-state index is 0.0625. The number of hydrogen-bond acceptors (Lipinski definition) is 4. The smallest absolute Gasteiger partial charge is 0.257 e. The Morgan fingerprint density at radius 3 is 2.43 bits per heavy atom. The van der Waals surface area contributed by atoms with Crippen LogP contribution in [0.3, 0.4) is 0 Å². The van der Waals surface area contributed by atoms with Gasteiger partial charge in [0.05, 0.1) is 11.8 Å². The fourth-order valence-corrected chi connectivity index (χ4v) is 2.50. The second-order valence-electron chi connectivity index (χ2n) is 5.41. The van der Waals surface area contributed by atoms with E-state index >= 15 is 0 Å². The minimum atomic E-state index is -0.0746. The van der Waals surface area contributed by atoms with Crippen molar-refractivity contribution in [3.8, 4) is 0 Å². The zero-order valence-corrected chi connectivity index (χ0v) is 12.9. The van der Waals surface area contributed by atoms with Crippen LogP contribution in [-0.4, -0.2) is 47.8 Å². The van der Waals surface area contributed by atoms with Crippen molar-refractivity contribution in [3.63, 3.8) is 0 Å². The zero-order chi connectivity index (χ0) is 16.2. The van der Waals surface area contributed by atoms with E-state index in [9.17, 15) is 9.59 Å². The highest BCUT2D eigenvalue weighted by molar-refractivity contribution is 5.94. The molecule has 0 saturated carbocycles. The maximum Gasteiger partial charge on any atom is 0.257 e. The molecule has 6 heteroatoms. The summed E-state index contributed by atoms with van der Waals surface area (Å²) in [7, 11) is 0. The van der Waals surface area contributed by atoms with Crippen LogP contribution < -0.4 is 0 Å². The molecule has 120 valence electrons. The molecule has 2 amide bonds. The largest absolute Gasteiger partial charge is 0.472 e. The van der Waals surface area contributed by atoms with Gasteiger partial charge in [0, 0.05) is 32.3 Å². The van der Waals surface area contributed by atoms with Crippen LogP contribution >= 0.6 is 0 Å². The van der Waals surface area contributed by atoms with E-state index in [1.165, 1.54) is 18.6 Å². The van der Waals surface area contributed by atoms with Crippen LogP contribution in [0.4, 0.5) is 0 Å². The lowest BCUT2D eigenvalue weighted by molar-refractivity contribution is -0.127. The topological polar surface area (TPSA) is 66.9 Å². The highest BCUT2D eigenvalue weighted by Crippen LogP contribution is 2.11. The van der Waals surface area contributed by atoms with E-state index in [2.05, 4.69) is 0 Å². The van der Waals surface area contributed by atoms with E-state index in [1.807, 2.05) is 19.1 Å². The molecule has 3 heterocycles. The molecule has 0 atom stereocenters. The van der Waals surface area contributed by atoms with Gasteiger partial charge in [-0.15, -0.1) is 0 Å². The number of carbonyl (C=O) groups is 2. The van der Waals surface area contributed by atoms with Crippen molar-refractivity contribution in [2.45, 2.75) is 6.92 Å². The summed E-state index contributed by atoms with van der Waals surface area (Å²) in [5.74, 6) is 1.33. The summed E-state index contributed by atoms with van der Waals surface area (Å²) >= 11 is 0. The Kier molecular flexibility index (Phi) is 4.32. The molecule has 0 radical (unpaired) electrons. The molecular formula is C17H18N2O4. The molecule has 6 nitrogen and oxygen atoms in total. The van der Waals surface area contributed by atoms with Crippen molar-refractivity contribution in [1.82, 2.24) is 9.80 Å². The maximum absolute atomic E-state index is 12.2. The number of nitrogens with zero attached hydrogens (tertiary/aromatic N) is 2. The van der Waals surface area contributed by atoms with Crippen LogP contribution in [0.25, 0.3) is 6.08 Å². The number of furan rings is 2. The number of aryl methyl sites for hydroxylation is 1. The van der Waals surface area contributed by atoms with Crippen molar-refractivity contribution in [2.24, 2.45) is 0 Å². The van der Waals surface area contributed by atoms with Gasteiger partial charge in [0.15, 0.2) is 0 Å². The Morgan fingerprint density at radius 1 is 1.09 bits per heavy atom. The number of amides is 2. The van der Waals surface area contributed by atoms with Crippen molar-refractivity contribution in [1.29, 1.82) is 0 Å². The first-order valence-corrected chi connectivity index (χ1v) is 7.48. The lowest BCUT2D eigenvalue weighted by Crippen LogP contribution is -2.50. The summed E-state index contributed by atoms with van der Waals surface area (Å²) in [6.07, 6.45) is 6.09. The fourth-order valence-electron chi connectivity index (χ4n) is 2.50. The van der Waals surface area contributed by atoms with E-state index in [0.717, 1.165) is 5.76 Å². The molecule has 0 aliphatic carbocycles. The first-order valence-electron chi connectivity index (χ1n) is 7.48. The minimum Gasteiger partial charge on any atom is -0.472 e. The van der Waals surface area contributed by atoms with Gasteiger partial charge in [-0.05, 0) is 31.2 Å². The lowest BCUT2D eigenvalue weighted by atomic mass is 10.2. The number of piperazine rings is 1. The average Bonchev–Trinajstić information content (AvgIpc) is 3.24. The van der Waals surface area contributed by atoms with Gasteiger partial charge in [-0.2, -0.15) is 0 Å². The molecule has 23 heavy (non-hydrogen) atoms. The molecule has 1 aliphatic rings. The predicted molar refractivity (Wildman–Crippen MR) is 83.7 cm³/mol. The zero-order valence-electron chi connectivity index (χ0n) is 12.9. The first kappa shape index (κ1) is 15.1. The number of rotatable bonds is 3. The Labute approximate surface area is 134 Å². The molecule has 1 saturated heterocycles.